The summed E-state index contributed by atoms with van der Waals surface area (Å²) in [4.78, 5) is 12.0. The third-order valence-corrected chi connectivity index (χ3v) is 6.85. The number of anilines is 2. The van der Waals surface area contributed by atoms with Crippen molar-refractivity contribution in [1.82, 2.24) is 0 Å². The van der Waals surface area contributed by atoms with Crippen LogP contribution in [0.4, 0.5) is 24.5 Å². The molecule has 0 atom stereocenters. The van der Waals surface area contributed by atoms with E-state index in [1.54, 1.807) is 0 Å². The molecule has 0 spiro atoms. The molecule has 0 aromatic heterocycles. The van der Waals surface area contributed by atoms with E-state index in [0.717, 1.165) is 12.1 Å². The van der Waals surface area contributed by atoms with Gasteiger partial charge in [0.1, 0.15) is 10.6 Å². The Labute approximate surface area is 193 Å². The molecule has 6 nitrogen and oxygen atoms in total. The van der Waals surface area contributed by atoms with Gasteiger partial charge >= 0.3 is 6.18 Å². The number of hydrogen-bond acceptors (Lipinski definition) is 5. The average molecular weight is 499 g/mol. The van der Waals surface area contributed by atoms with Crippen molar-refractivity contribution in [1.29, 1.82) is 0 Å². The molecular formula is C22H18ClF3N2O4S. The number of ether oxygens (including phenoxy) is 1. The van der Waals surface area contributed by atoms with Gasteiger partial charge in [-0.1, -0.05) is 29.8 Å². The number of sulfone groups is 1. The summed E-state index contributed by atoms with van der Waals surface area (Å²) in [5, 5.41) is 4.75. The van der Waals surface area contributed by atoms with Gasteiger partial charge in [0, 0.05) is 0 Å². The summed E-state index contributed by atoms with van der Waals surface area (Å²) < 4.78 is 70.8. The van der Waals surface area contributed by atoms with Crippen molar-refractivity contribution in [2.45, 2.75) is 16.0 Å². The first-order valence-electron chi connectivity index (χ1n) is 9.41. The van der Waals surface area contributed by atoms with E-state index in [-0.39, 0.29) is 20.5 Å². The van der Waals surface area contributed by atoms with Crippen molar-refractivity contribution in [3.8, 4) is 5.75 Å². The summed E-state index contributed by atoms with van der Waals surface area (Å²) in [6, 6.07) is 14.4. The van der Waals surface area contributed by atoms with Crippen molar-refractivity contribution < 1.29 is 31.1 Å². The standard InChI is InChI=1S/C22H18ClF3N2O4S/c1-32-14-9-11-15(12-10-14)33(30,31)21-17(23)6-4-8-19(21)27-13-20(29)28-18-7-3-2-5-16(18)22(24,25)26/h2-12,27H,13H2,1H3,(H,28,29). The summed E-state index contributed by atoms with van der Waals surface area (Å²) in [7, 11) is -2.65. The molecular weight excluding hydrogens is 481 g/mol. The van der Waals surface area contributed by atoms with Gasteiger partial charge in [-0.2, -0.15) is 13.2 Å². The van der Waals surface area contributed by atoms with Crippen molar-refractivity contribution in [2.24, 2.45) is 0 Å². The number of methoxy groups -OCH3 is 1. The molecule has 3 rings (SSSR count). The van der Waals surface area contributed by atoms with Crippen LogP contribution in [0.1, 0.15) is 5.56 Å². The largest absolute Gasteiger partial charge is 0.497 e. The summed E-state index contributed by atoms with van der Waals surface area (Å²) in [6.07, 6.45) is -4.65. The molecule has 0 aliphatic heterocycles. The van der Waals surface area contributed by atoms with E-state index in [1.165, 1.54) is 61.7 Å². The van der Waals surface area contributed by atoms with Crippen LogP contribution in [0.15, 0.2) is 76.5 Å². The maximum atomic E-state index is 13.2. The van der Waals surface area contributed by atoms with E-state index >= 15 is 0 Å². The minimum atomic E-state index is -4.65. The van der Waals surface area contributed by atoms with Crippen LogP contribution in [0, 0.1) is 0 Å². The average Bonchev–Trinajstić information content (AvgIpc) is 2.77. The number of amides is 1. The first-order valence-corrected chi connectivity index (χ1v) is 11.3. The Balaban J connectivity index is 1.83. The van der Waals surface area contributed by atoms with E-state index in [4.69, 9.17) is 16.3 Å². The highest BCUT2D eigenvalue weighted by Crippen LogP contribution is 2.36. The SMILES string of the molecule is COc1ccc(S(=O)(=O)c2c(Cl)cccc2NCC(=O)Nc2ccccc2C(F)(F)F)cc1. The number of carbonyl (C=O) groups excluding carboxylic acids is 1. The highest BCUT2D eigenvalue weighted by Gasteiger charge is 2.33. The second-order valence-corrected chi connectivity index (χ2v) is 9.03. The number of carbonyl (C=O) groups is 1. The van der Waals surface area contributed by atoms with Crippen LogP contribution in [-0.4, -0.2) is 28.0 Å². The number of rotatable bonds is 7. The van der Waals surface area contributed by atoms with Crippen LogP contribution in [0.2, 0.25) is 5.02 Å². The molecule has 0 unspecified atom stereocenters. The maximum absolute atomic E-state index is 13.2. The second kappa shape index (κ2) is 9.72. The minimum absolute atomic E-state index is 0.0255. The number of hydrogen-bond donors (Lipinski definition) is 2. The van der Waals surface area contributed by atoms with Gasteiger partial charge in [-0.25, -0.2) is 8.42 Å². The van der Waals surface area contributed by atoms with Gasteiger partial charge in [-0.05, 0) is 48.5 Å². The number of benzene rings is 3. The van der Waals surface area contributed by atoms with Gasteiger partial charge in [-0.15, -0.1) is 0 Å². The molecule has 0 aliphatic rings. The predicted octanol–water partition coefficient (Wildman–Crippen LogP) is 5.25. The van der Waals surface area contributed by atoms with Gasteiger partial charge < -0.3 is 15.4 Å². The summed E-state index contributed by atoms with van der Waals surface area (Å²) in [6.45, 7) is -0.502. The lowest BCUT2D eigenvalue weighted by atomic mass is 10.1. The fraction of sp³-hybridized carbons (Fsp3) is 0.136. The molecule has 0 aliphatic carbocycles. The molecule has 0 bridgehead atoms. The smallest absolute Gasteiger partial charge is 0.418 e. The third kappa shape index (κ3) is 5.58. The summed E-state index contributed by atoms with van der Waals surface area (Å²) >= 11 is 6.17. The lowest BCUT2D eigenvalue weighted by Gasteiger charge is -2.16. The zero-order valence-corrected chi connectivity index (χ0v) is 18.7. The molecule has 0 heterocycles. The third-order valence-electron chi connectivity index (χ3n) is 4.55. The maximum Gasteiger partial charge on any atom is 0.418 e. The number of alkyl halides is 3. The quantitative estimate of drug-likeness (QED) is 0.465. The molecule has 0 fully saturated rings. The Morgan fingerprint density at radius 1 is 0.970 bits per heavy atom. The van der Waals surface area contributed by atoms with Gasteiger partial charge in [-0.3, -0.25) is 4.79 Å². The molecule has 0 saturated heterocycles. The second-order valence-electron chi connectivity index (χ2n) is 6.74. The Hall–Kier alpha value is -3.24. The minimum Gasteiger partial charge on any atom is -0.497 e. The van der Waals surface area contributed by atoms with Gasteiger partial charge in [0.2, 0.25) is 15.7 Å². The van der Waals surface area contributed by atoms with E-state index in [0.29, 0.717) is 5.75 Å². The zero-order valence-electron chi connectivity index (χ0n) is 17.1. The van der Waals surface area contributed by atoms with E-state index in [1.807, 2.05) is 0 Å². The molecule has 1 amide bonds. The van der Waals surface area contributed by atoms with Crippen LogP contribution in [0.5, 0.6) is 5.75 Å². The van der Waals surface area contributed by atoms with Crippen molar-refractivity contribution in [3.05, 3.63) is 77.3 Å². The van der Waals surface area contributed by atoms with Crippen molar-refractivity contribution in [2.75, 3.05) is 24.3 Å². The number of para-hydroxylation sites is 1. The molecule has 2 N–H and O–H groups in total. The first-order chi connectivity index (χ1) is 15.5. The van der Waals surface area contributed by atoms with Crippen molar-refractivity contribution >= 4 is 38.7 Å². The normalized spacial score (nSPS) is 11.7. The van der Waals surface area contributed by atoms with E-state index in [9.17, 15) is 26.4 Å². The van der Waals surface area contributed by atoms with Gasteiger partial charge in [0.05, 0.1) is 40.5 Å². The van der Waals surface area contributed by atoms with Crippen LogP contribution < -0.4 is 15.4 Å². The zero-order chi connectivity index (χ0) is 24.2. The van der Waals surface area contributed by atoms with Crippen LogP contribution in [-0.2, 0) is 20.8 Å². The van der Waals surface area contributed by atoms with E-state index in [2.05, 4.69) is 10.6 Å². The van der Waals surface area contributed by atoms with Crippen LogP contribution >= 0.6 is 11.6 Å². The highest BCUT2D eigenvalue weighted by molar-refractivity contribution is 7.91. The highest BCUT2D eigenvalue weighted by atomic mass is 35.5. The molecule has 0 saturated carbocycles. The Kier molecular flexibility index (Phi) is 7.19. The van der Waals surface area contributed by atoms with Gasteiger partial charge in [0.15, 0.2) is 0 Å². The molecule has 3 aromatic carbocycles. The molecule has 11 heteroatoms. The van der Waals surface area contributed by atoms with E-state index < -0.39 is 39.7 Å². The molecule has 3 aromatic rings. The van der Waals surface area contributed by atoms with Gasteiger partial charge in [0.25, 0.3) is 0 Å². The molecule has 33 heavy (non-hydrogen) atoms. The fourth-order valence-corrected chi connectivity index (χ4v) is 4.97. The van der Waals surface area contributed by atoms with Crippen LogP contribution in [0.3, 0.4) is 0 Å². The number of halogens is 4. The molecule has 0 radical (unpaired) electrons. The monoisotopic (exact) mass is 498 g/mol. The Morgan fingerprint density at radius 3 is 2.24 bits per heavy atom. The van der Waals surface area contributed by atoms with Crippen molar-refractivity contribution in [3.63, 3.8) is 0 Å². The number of nitrogens with one attached hydrogen (secondary N) is 2. The summed E-state index contributed by atoms with van der Waals surface area (Å²) in [5.74, 6) is -0.346. The Morgan fingerprint density at radius 2 is 1.61 bits per heavy atom. The summed E-state index contributed by atoms with van der Waals surface area (Å²) in [5.41, 5.74) is -1.38. The fourth-order valence-electron chi connectivity index (χ4n) is 3.00. The molecule has 174 valence electrons. The van der Waals surface area contributed by atoms with Crippen LogP contribution in [0.25, 0.3) is 0 Å². The first kappa shape index (κ1) is 24.4. The lowest BCUT2D eigenvalue weighted by molar-refractivity contribution is -0.137. The Bertz CT molecular complexity index is 1260. The predicted molar refractivity (Wildman–Crippen MR) is 118 cm³/mol. The lowest BCUT2D eigenvalue weighted by Crippen LogP contribution is -2.24. The topological polar surface area (TPSA) is 84.5 Å².